The van der Waals surface area contributed by atoms with Crippen molar-refractivity contribution in [2.75, 3.05) is 12.4 Å². The van der Waals surface area contributed by atoms with Crippen molar-refractivity contribution in [1.82, 2.24) is 19.6 Å². The molecule has 0 aromatic carbocycles. The molecule has 0 aliphatic carbocycles. The third-order valence-corrected chi connectivity index (χ3v) is 4.74. The quantitative estimate of drug-likeness (QED) is 0.632. The van der Waals surface area contributed by atoms with Gasteiger partial charge in [-0.15, -0.1) is 0 Å². The number of hydrogen-bond donors (Lipinski definition) is 1. The summed E-state index contributed by atoms with van der Waals surface area (Å²) in [6.45, 7) is 6.42. The van der Waals surface area contributed by atoms with Crippen molar-refractivity contribution in [2.45, 2.75) is 33.9 Å². The van der Waals surface area contributed by atoms with Crippen LogP contribution in [0.1, 0.15) is 45.1 Å². The van der Waals surface area contributed by atoms with E-state index in [0.717, 1.165) is 11.4 Å². The van der Waals surface area contributed by atoms with Gasteiger partial charge in [0.05, 0.1) is 35.8 Å². The minimum Gasteiger partial charge on any atom is -0.464 e. The summed E-state index contributed by atoms with van der Waals surface area (Å²) >= 11 is 6.15. The Morgan fingerprint density at radius 2 is 2.04 bits per heavy atom. The number of aryl methyl sites for hydroxylation is 2. The number of furan rings is 1. The lowest BCUT2D eigenvalue weighted by molar-refractivity contribution is 0.0594. The summed E-state index contributed by atoms with van der Waals surface area (Å²) in [6.07, 6.45) is 1.56. The number of amides is 1. The number of aromatic nitrogens is 4. The number of carbonyl (C=O) groups is 2. The van der Waals surface area contributed by atoms with Crippen LogP contribution in [0.15, 0.2) is 22.7 Å². The molecule has 0 saturated carbocycles. The topological polar surface area (TPSA) is 104 Å². The van der Waals surface area contributed by atoms with Gasteiger partial charge in [-0.05, 0) is 32.9 Å². The van der Waals surface area contributed by atoms with E-state index in [2.05, 4.69) is 15.5 Å². The first-order valence-corrected chi connectivity index (χ1v) is 8.97. The number of halogens is 1. The van der Waals surface area contributed by atoms with Gasteiger partial charge in [-0.3, -0.25) is 14.2 Å². The normalized spacial score (nSPS) is 10.9. The number of hydrogen-bond acceptors (Lipinski definition) is 6. The average molecular weight is 406 g/mol. The van der Waals surface area contributed by atoms with E-state index in [1.807, 2.05) is 20.8 Å². The number of anilines is 1. The van der Waals surface area contributed by atoms with Gasteiger partial charge in [-0.1, -0.05) is 11.6 Å². The highest BCUT2D eigenvalue weighted by atomic mass is 35.5. The fourth-order valence-electron chi connectivity index (χ4n) is 2.67. The van der Waals surface area contributed by atoms with Crippen LogP contribution in [0.3, 0.4) is 0 Å². The molecular weight excluding hydrogens is 386 g/mol. The molecule has 10 heteroatoms. The van der Waals surface area contributed by atoms with E-state index in [1.54, 1.807) is 23.0 Å². The van der Waals surface area contributed by atoms with Crippen molar-refractivity contribution in [3.63, 3.8) is 0 Å². The molecule has 3 rings (SSSR count). The minimum absolute atomic E-state index is 0.0294. The first-order valence-electron chi connectivity index (χ1n) is 8.59. The van der Waals surface area contributed by atoms with Crippen LogP contribution in [0.2, 0.25) is 5.02 Å². The Morgan fingerprint density at radius 1 is 1.29 bits per heavy atom. The second-order valence-corrected chi connectivity index (χ2v) is 6.48. The van der Waals surface area contributed by atoms with Gasteiger partial charge in [0.15, 0.2) is 11.5 Å². The number of methoxy groups -OCH3 is 1. The smallest absolute Gasteiger partial charge is 0.360 e. The molecule has 0 radical (unpaired) electrons. The SMILES string of the molecule is CCn1cc(NC(=O)c2ccc(Cn3nc(C)c(Cl)c3C)o2)c(C(=O)OC)n1. The van der Waals surface area contributed by atoms with Crippen molar-refractivity contribution in [1.29, 1.82) is 0 Å². The highest BCUT2D eigenvalue weighted by molar-refractivity contribution is 6.31. The molecule has 9 nitrogen and oxygen atoms in total. The number of ether oxygens (including phenoxy) is 1. The Labute approximate surface area is 166 Å². The zero-order valence-electron chi connectivity index (χ0n) is 15.9. The van der Waals surface area contributed by atoms with Crippen LogP contribution >= 0.6 is 11.6 Å². The molecule has 3 aromatic rings. The lowest BCUT2D eigenvalue weighted by atomic mass is 10.3. The summed E-state index contributed by atoms with van der Waals surface area (Å²) < 4.78 is 13.6. The highest BCUT2D eigenvalue weighted by Gasteiger charge is 2.21. The van der Waals surface area contributed by atoms with Crippen molar-refractivity contribution in [3.05, 3.63) is 52.0 Å². The summed E-state index contributed by atoms with van der Waals surface area (Å²) in [5.74, 6) is -0.491. The van der Waals surface area contributed by atoms with Gasteiger partial charge in [0.25, 0.3) is 5.91 Å². The lowest BCUT2D eigenvalue weighted by Crippen LogP contribution is -2.14. The largest absolute Gasteiger partial charge is 0.464 e. The van der Waals surface area contributed by atoms with Gasteiger partial charge in [-0.25, -0.2) is 4.79 Å². The van der Waals surface area contributed by atoms with Gasteiger partial charge in [0.2, 0.25) is 0 Å². The molecule has 3 aromatic heterocycles. The second-order valence-electron chi connectivity index (χ2n) is 6.10. The number of nitrogens with one attached hydrogen (secondary N) is 1. The fraction of sp³-hybridized carbons (Fsp3) is 0.333. The van der Waals surface area contributed by atoms with Crippen LogP contribution in [-0.4, -0.2) is 38.5 Å². The predicted octanol–water partition coefficient (Wildman–Crippen LogP) is 3.05. The summed E-state index contributed by atoms with van der Waals surface area (Å²) in [4.78, 5) is 24.4. The molecule has 0 atom stereocenters. The maximum Gasteiger partial charge on any atom is 0.360 e. The third-order valence-electron chi connectivity index (χ3n) is 4.20. The summed E-state index contributed by atoms with van der Waals surface area (Å²) in [5.41, 5.74) is 1.83. The van der Waals surface area contributed by atoms with E-state index in [-0.39, 0.29) is 17.1 Å². The number of rotatable bonds is 6. The molecule has 0 aliphatic heterocycles. The van der Waals surface area contributed by atoms with Crippen molar-refractivity contribution in [3.8, 4) is 0 Å². The van der Waals surface area contributed by atoms with Crippen LogP contribution in [0, 0.1) is 13.8 Å². The maximum absolute atomic E-state index is 12.5. The zero-order chi connectivity index (χ0) is 20.4. The summed E-state index contributed by atoms with van der Waals surface area (Å²) in [5, 5.41) is 11.7. The molecule has 0 spiro atoms. The number of nitrogens with zero attached hydrogens (tertiary/aromatic N) is 4. The molecule has 1 amide bonds. The molecule has 1 N–H and O–H groups in total. The number of esters is 1. The van der Waals surface area contributed by atoms with Gasteiger partial charge in [0.1, 0.15) is 5.76 Å². The lowest BCUT2D eigenvalue weighted by Gasteiger charge is -2.03. The van der Waals surface area contributed by atoms with Crippen LogP contribution in [0.5, 0.6) is 0 Å². The molecule has 0 bridgehead atoms. The minimum atomic E-state index is -0.635. The average Bonchev–Trinajstić information content (AvgIpc) is 3.37. The van der Waals surface area contributed by atoms with Gasteiger partial charge in [0, 0.05) is 12.7 Å². The molecule has 3 heterocycles. The standard InChI is InChI=1S/C18H20ClN5O4/c1-5-23-9-13(16(22-23)18(26)27-4)20-17(25)14-7-6-12(28-14)8-24-11(3)15(19)10(2)21-24/h6-7,9H,5,8H2,1-4H3,(H,20,25). The molecule has 0 unspecified atom stereocenters. The van der Waals surface area contributed by atoms with Gasteiger partial charge in [-0.2, -0.15) is 10.2 Å². The molecule has 0 aliphatic rings. The molecular formula is C18H20ClN5O4. The third kappa shape index (κ3) is 3.79. The first kappa shape index (κ1) is 19.7. The number of carbonyl (C=O) groups excluding carboxylic acids is 2. The maximum atomic E-state index is 12.5. The van der Waals surface area contributed by atoms with E-state index in [0.29, 0.717) is 23.9 Å². The van der Waals surface area contributed by atoms with Crippen LogP contribution in [-0.2, 0) is 17.8 Å². The zero-order valence-corrected chi connectivity index (χ0v) is 16.7. The van der Waals surface area contributed by atoms with Crippen molar-refractivity contribution >= 4 is 29.2 Å². The first-order chi connectivity index (χ1) is 13.3. The van der Waals surface area contributed by atoms with E-state index in [4.69, 9.17) is 20.8 Å². The fourth-order valence-corrected chi connectivity index (χ4v) is 2.80. The van der Waals surface area contributed by atoms with Crippen LogP contribution in [0.25, 0.3) is 0 Å². The Balaban J connectivity index is 1.77. The van der Waals surface area contributed by atoms with Crippen LogP contribution in [0.4, 0.5) is 5.69 Å². The molecule has 148 valence electrons. The summed E-state index contributed by atoms with van der Waals surface area (Å²) in [6, 6.07) is 3.25. The molecule has 0 fully saturated rings. The van der Waals surface area contributed by atoms with E-state index in [9.17, 15) is 9.59 Å². The predicted molar refractivity (Wildman–Crippen MR) is 102 cm³/mol. The monoisotopic (exact) mass is 405 g/mol. The Kier molecular flexibility index (Phi) is 5.55. The van der Waals surface area contributed by atoms with E-state index in [1.165, 1.54) is 11.8 Å². The van der Waals surface area contributed by atoms with Crippen molar-refractivity contribution < 1.29 is 18.7 Å². The Hall–Kier alpha value is -3.07. The van der Waals surface area contributed by atoms with E-state index < -0.39 is 11.9 Å². The highest BCUT2D eigenvalue weighted by Crippen LogP contribution is 2.21. The Bertz CT molecular complexity index is 1030. The van der Waals surface area contributed by atoms with Gasteiger partial charge < -0.3 is 14.5 Å². The van der Waals surface area contributed by atoms with E-state index >= 15 is 0 Å². The molecule has 0 saturated heterocycles. The van der Waals surface area contributed by atoms with Crippen molar-refractivity contribution in [2.24, 2.45) is 0 Å². The van der Waals surface area contributed by atoms with Gasteiger partial charge >= 0.3 is 5.97 Å². The molecule has 28 heavy (non-hydrogen) atoms. The second kappa shape index (κ2) is 7.89. The summed E-state index contributed by atoms with van der Waals surface area (Å²) in [7, 11) is 1.25. The Morgan fingerprint density at radius 3 is 2.64 bits per heavy atom. The van der Waals surface area contributed by atoms with Crippen LogP contribution < -0.4 is 5.32 Å².